The first-order chi connectivity index (χ1) is 9.94. The van der Waals surface area contributed by atoms with E-state index in [1.807, 2.05) is 20.8 Å². The Morgan fingerprint density at radius 3 is 2.62 bits per heavy atom. The lowest BCUT2D eigenvalue weighted by Crippen LogP contribution is -2.35. The summed E-state index contributed by atoms with van der Waals surface area (Å²) >= 11 is 0. The number of amides is 1. The van der Waals surface area contributed by atoms with Gasteiger partial charge in [0, 0.05) is 26.1 Å². The lowest BCUT2D eigenvalue weighted by Gasteiger charge is -2.24. The standard InChI is InChI=1S/C15H22N4O2/c1-15(2,3)21-14(20)19-9-6-11-12(19)10-16-13(17-11)18-7-4-5-8-18/h10H,4-9H2,1-3H3. The highest BCUT2D eigenvalue weighted by Gasteiger charge is 2.31. The number of anilines is 2. The third kappa shape index (κ3) is 2.94. The Labute approximate surface area is 125 Å². The summed E-state index contributed by atoms with van der Waals surface area (Å²) in [6.07, 6.45) is 4.60. The molecule has 0 atom stereocenters. The van der Waals surface area contributed by atoms with E-state index in [1.54, 1.807) is 11.1 Å². The summed E-state index contributed by atoms with van der Waals surface area (Å²) in [5.74, 6) is 0.789. The smallest absolute Gasteiger partial charge is 0.414 e. The molecule has 0 N–H and O–H groups in total. The molecule has 1 aromatic heterocycles. The summed E-state index contributed by atoms with van der Waals surface area (Å²) in [4.78, 5) is 25.1. The molecule has 114 valence electrons. The van der Waals surface area contributed by atoms with Crippen LogP contribution in [0, 0.1) is 0 Å². The first-order valence-electron chi connectivity index (χ1n) is 7.55. The van der Waals surface area contributed by atoms with E-state index in [0.29, 0.717) is 6.54 Å². The quantitative estimate of drug-likeness (QED) is 0.794. The molecule has 0 bridgehead atoms. The topological polar surface area (TPSA) is 58.6 Å². The van der Waals surface area contributed by atoms with Crippen molar-refractivity contribution in [2.75, 3.05) is 29.4 Å². The average Bonchev–Trinajstić information content (AvgIpc) is 3.05. The number of fused-ring (bicyclic) bond motifs is 1. The Bertz CT molecular complexity index is 547. The van der Waals surface area contributed by atoms with E-state index in [-0.39, 0.29) is 6.09 Å². The van der Waals surface area contributed by atoms with Crippen LogP contribution in [0.1, 0.15) is 39.3 Å². The Morgan fingerprint density at radius 1 is 1.24 bits per heavy atom. The van der Waals surface area contributed by atoms with Gasteiger partial charge in [0.1, 0.15) is 5.60 Å². The predicted molar refractivity (Wildman–Crippen MR) is 80.8 cm³/mol. The number of carbonyl (C=O) groups is 1. The molecule has 2 aliphatic rings. The van der Waals surface area contributed by atoms with Gasteiger partial charge in [-0.3, -0.25) is 4.90 Å². The third-order valence-electron chi connectivity index (χ3n) is 3.70. The fraction of sp³-hybridized carbons (Fsp3) is 0.667. The second-order valence-corrected chi connectivity index (χ2v) is 6.58. The number of carbonyl (C=O) groups excluding carboxylic acids is 1. The van der Waals surface area contributed by atoms with Crippen LogP contribution in [0.3, 0.4) is 0 Å². The molecule has 1 aromatic rings. The van der Waals surface area contributed by atoms with Gasteiger partial charge in [-0.25, -0.2) is 14.8 Å². The zero-order chi connectivity index (χ0) is 15.0. The summed E-state index contributed by atoms with van der Waals surface area (Å²) in [5.41, 5.74) is 1.24. The van der Waals surface area contributed by atoms with Crippen LogP contribution in [-0.4, -0.2) is 41.3 Å². The predicted octanol–water partition coefficient (Wildman–Crippen LogP) is 2.37. The Morgan fingerprint density at radius 2 is 1.95 bits per heavy atom. The lowest BCUT2D eigenvalue weighted by molar-refractivity contribution is 0.0584. The van der Waals surface area contributed by atoms with Crippen molar-refractivity contribution in [3.8, 4) is 0 Å². The van der Waals surface area contributed by atoms with Gasteiger partial charge in [-0.05, 0) is 33.6 Å². The van der Waals surface area contributed by atoms with Gasteiger partial charge in [0.25, 0.3) is 0 Å². The van der Waals surface area contributed by atoms with Crippen molar-refractivity contribution < 1.29 is 9.53 Å². The van der Waals surface area contributed by atoms with Crippen molar-refractivity contribution in [1.29, 1.82) is 0 Å². The molecule has 0 unspecified atom stereocenters. The van der Waals surface area contributed by atoms with Gasteiger partial charge >= 0.3 is 6.09 Å². The van der Waals surface area contributed by atoms with Crippen LogP contribution in [0.5, 0.6) is 0 Å². The number of nitrogens with zero attached hydrogens (tertiary/aromatic N) is 4. The highest BCUT2D eigenvalue weighted by molar-refractivity contribution is 5.90. The molecule has 2 aliphatic heterocycles. The van der Waals surface area contributed by atoms with Gasteiger partial charge in [-0.1, -0.05) is 0 Å². The van der Waals surface area contributed by atoms with E-state index in [0.717, 1.165) is 36.8 Å². The highest BCUT2D eigenvalue weighted by atomic mass is 16.6. The van der Waals surface area contributed by atoms with Crippen LogP contribution in [0.15, 0.2) is 6.20 Å². The maximum atomic E-state index is 12.2. The first kappa shape index (κ1) is 14.1. The lowest BCUT2D eigenvalue weighted by atomic mass is 10.2. The second-order valence-electron chi connectivity index (χ2n) is 6.58. The molecule has 6 nitrogen and oxygen atoms in total. The van der Waals surface area contributed by atoms with Crippen LogP contribution in [0.4, 0.5) is 16.4 Å². The van der Waals surface area contributed by atoms with Crippen molar-refractivity contribution in [3.63, 3.8) is 0 Å². The van der Waals surface area contributed by atoms with Gasteiger partial charge in [-0.2, -0.15) is 0 Å². The minimum atomic E-state index is -0.490. The van der Waals surface area contributed by atoms with Crippen LogP contribution in [0.25, 0.3) is 0 Å². The highest BCUT2D eigenvalue weighted by Crippen LogP contribution is 2.29. The van der Waals surface area contributed by atoms with Gasteiger partial charge in [-0.15, -0.1) is 0 Å². The molecule has 0 aliphatic carbocycles. The molecule has 0 saturated carbocycles. The molecule has 1 saturated heterocycles. The van der Waals surface area contributed by atoms with Crippen molar-refractivity contribution >= 4 is 17.7 Å². The molecule has 21 heavy (non-hydrogen) atoms. The normalized spacial score (nSPS) is 18.0. The summed E-state index contributed by atoms with van der Waals surface area (Å²) in [7, 11) is 0. The van der Waals surface area contributed by atoms with E-state index in [1.165, 1.54) is 12.8 Å². The molecule has 0 spiro atoms. The number of hydrogen-bond acceptors (Lipinski definition) is 5. The van der Waals surface area contributed by atoms with E-state index in [2.05, 4.69) is 14.9 Å². The Balaban J connectivity index is 1.78. The van der Waals surface area contributed by atoms with Crippen molar-refractivity contribution in [2.45, 2.75) is 45.6 Å². The SMILES string of the molecule is CC(C)(C)OC(=O)N1CCc2nc(N3CCCC3)ncc21. The molecule has 3 heterocycles. The molecule has 6 heteroatoms. The monoisotopic (exact) mass is 290 g/mol. The van der Waals surface area contributed by atoms with Crippen molar-refractivity contribution in [2.24, 2.45) is 0 Å². The second kappa shape index (κ2) is 5.16. The van der Waals surface area contributed by atoms with E-state index >= 15 is 0 Å². The van der Waals surface area contributed by atoms with Crippen LogP contribution in [0.2, 0.25) is 0 Å². The van der Waals surface area contributed by atoms with Crippen LogP contribution < -0.4 is 9.80 Å². The van der Waals surface area contributed by atoms with E-state index < -0.39 is 5.60 Å². The fourth-order valence-corrected chi connectivity index (χ4v) is 2.72. The van der Waals surface area contributed by atoms with Crippen molar-refractivity contribution in [3.05, 3.63) is 11.9 Å². The third-order valence-corrected chi connectivity index (χ3v) is 3.70. The molecule has 1 fully saturated rings. The maximum Gasteiger partial charge on any atom is 0.414 e. The first-order valence-corrected chi connectivity index (χ1v) is 7.55. The largest absolute Gasteiger partial charge is 0.443 e. The van der Waals surface area contributed by atoms with Gasteiger partial charge in [0.05, 0.1) is 17.6 Å². The van der Waals surface area contributed by atoms with Crippen LogP contribution in [-0.2, 0) is 11.2 Å². The Kier molecular flexibility index (Phi) is 3.47. The minimum absolute atomic E-state index is 0.321. The summed E-state index contributed by atoms with van der Waals surface area (Å²) in [6.45, 7) is 8.27. The Hall–Kier alpha value is -1.85. The molecule has 1 amide bonds. The van der Waals surface area contributed by atoms with Gasteiger partial charge in [0.15, 0.2) is 0 Å². The summed E-state index contributed by atoms with van der Waals surface area (Å²) in [5, 5.41) is 0. The zero-order valence-corrected chi connectivity index (χ0v) is 12.9. The molecule has 0 aromatic carbocycles. The van der Waals surface area contributed by atoms with E-state index in [4.69, 9.17) is 4.74 Å². The minimum Gasteiger partial charge on any atom is -0.443 e. The molecular weight excluding hydrogens is 268 g/mol. The van der Waals surface area contributed by atoms with Crippen LogP contribution >= 0.6 is 0 Å². The zero-order valence-electron chi connectivity index (χ0n) is 12.9. The van der Waals surface area contributed by atoms with Gasteiger partial charge in [0.2, 0.25) is 5.95 Å². The van der Waals surface area contributed by atoms with Crippen molar-refractivity contribution in [1.82, 2.24) is 9.97 Å². The average molecular weight is 290 g/mol. The van der Waals surface area contributed by atoms with Gasteiger partial charge < -0.3 is 9.64 Å². The number of aromatic nitrogens is 2. The number of rotatable bonds is 1. The summed E-state index contributed by atoms with van der Waals surface area (Å²) < 4.78 is 5.43. The molecule has 0 radical (unpaired) electrons. The number of ether oxygens (including phenoxy) is 1. The molecule has 3 rings (SSSR count). The fourth-order valence-electron chi connectivity index (χ4n) is 2.72. The summed E-state index contributed by atoms with van der Waals surface area (Å²) in [6, 6.07) is 0. The molecular formula is C15H22N4O2. The maximum absolute atomic E-state index is 12.2. The van der Waals surface area contributed by atoms with E-state index in [9.17, 15) is 4.79 Å². The number of hydrogen-bond donors (Lipinski definition) is 0.